The topological polar surface area (TPSA) is 70.2 Å². The predicted octanol–water partition coefficient (Wildman–Crippen LogP) is 1.68. The molecule has 1 aliphatic rings. The van der Waals surface area contributed by atoms with E-state index in [2.05, 4.69) is 16.0 Å². The number of anilines is 1. The number of benzene rings is 1. The number of rotatable bonds is 5. The van der Waals surface area contributed by atoms with Crippen molar-refractivity contribution in [2.45, 2.75) is 26.2 Å². The van der Waals surface area contributed by atoms with Gasteiger partial charge in [-0.15, -0.1) is 0 Å². The molecule has 114 valence electrons. The van der Waals surface area contributed by atoms with E-state index in [4.69, 9.17) is 0 Å². The van der Waals surface area contributed by atoms with E-state index in [1.165, 1.54) is 0 Å². The zero-order chi connectivity index (χ0) is 15.2. The largest absolute Gasteiger partial charge is 0.355 e. The van der Waals surface area contributed by atoms with Crippen molar-refractivity contribution in [3.8, 4) is 0 Å². The van der Waals surface area contributed by atoms with E-state index in [9.17, 15) is 9.59 Å². The lowest BCUT2D eigenvalue weighted by molar-refractivity contribution is -0.116. The van der Waals surface area contributed by atoms with Crippen molar-refractivity contribution in [1.29, 1.82) is 0 Å². The van der Waals surface area contributed by atoms with E-state index < -0.39 is 0 Å². The first-order chi connectivity index (χ1) is 10.1. The van der Waals surface area contributed by atoms with Crippen LogP contribution in [0.1, 0.15) is 35.2 Å². The average molecular weight is 289 g/mol. The van der Waals surface area contributed by atoms with Crippen LogP contribution >= 0.6 is 0 Å². The molecule has 1 saturated heterocycles. The van der Waals surface area contributed by atoms with Gasteiger partial charge in [-0.05, 0) is 56.5 Å². The van der Waals surface area contributed by atoms with Gasteiger partial charge >= 0.3 is 0 Å². The van der Waals surface area contributed by atoms with Gasteiger partial charge in [0, 0.05) is 24.7 Å². The summed E-state index contributed by atoms with van der Waals surface area (Å²) in [4.78, 5) is 23.8. The number of hydrogen-bond acceptors (Lipinski definition) is 3. The first-order valence-corrected chi connectivity index (χ1v) is 7.44. The Kier molecular flexibility index (Phi) is 5.33. The third-order valence-corrected chi connectivity index (χ3v) is 4.02. The number of carbonyl (C=O) groups is 2. The normalized spacial score (nSPS) is 17.5. The van der Waals surface area contributed by atoms with Crippen molar-refractivity contribution in [2.75, 3.05) is 25.5 Å². The van der Waals surface area contributed by atoms with Gasteiger partial charge < -0.3 is 16.0 Å². The van der Waals surface area contributed by atoms with Gasteiger partial charge in [-0.1, -0.05) is 6.07 Å². The van der Waals surface area contributed by atoms with E-state index in [1.54, 1.807) is 19.2 Å². The molecule has 1 atom stereocenters. The number of hydrogen-bond donors (Lipinski definition) is 3. The minimum atomic E-state index is -0.138. The Morgan fingerprint density at radius 3 is 2.86 bits per heavy atom. The SMILES string of the molecule is CNC(=O)c1cccc(NC(=O)CCC2CCNC2)c1C. The summed E-state index contributed by atoms with van der Waals surface area (Å²) in [5.41, 5.74) is 2.11. The molecule has 1 aromatic carbocycles. The summed E-state index contributed by atoms with van der Waals surface area (Å²) in [5, 5.41) is 8.83. The molecule has 1 fully saturated rings. The highest BCUT2D eigenvalue weighted by molar-refractivity contribution is 5.99. The third-order valence-electron chi connectivity index (χ3n) is 4.02. The zero-order valence-electron chi connectivity index (χ0n) is 12.7. The van der Waals surface area contributed by atoms with Crippen LogP contribution in [0.3, 0.4) is 0 Å². The highest BCUT2D eigenvalue weighted by atomic mass is 16.2. The highest BCUT2D eigenvalue weighted by Gasteiger charge is 2.16. The van der Waals surface area contributed by atoms with Crippen LogP contribution in [0.5, 0.6) is 0 Å². The Labute approximate surface area is 125 Å². The van der Waals surface area contributed by atoms with E-state index in [-0.39, 0.29) is 11.8 Å². The second-order valence-electron chi connectivity index (χ2n) is 5.50. The molecule has 0 aliphatic carbocycles. The first kappa shape index (κ1) is 15.5. The molecule has 0 bridgehead atoms. The number of amides is 2. The molecular formula is C16H23N3O2. The molecule has 1 unspecified atom stereocenters. The van der Waals surface area contributed by atoms with Gasteiger partial charge in [0.05, 0.1) is 0 Å². The van der Waals surface area contributed by atoms with Crippen LogP contribution in [0.15, 0.2) is 18.2 Å². The summed E-state index contributed by atoms with van der Waals surface area (Å²) in [6.45, 7) is 3.92. The molecule has 0 radical (unpaired) electrons. The average Bonchev–Trinajstić information content (AvgIpc) is 3.00. The molecule has 0 aromatic heterocycles. The third kappa shape index (κ3) is 4.04. The maximum Gasteiger partial charge on any atom is 0.251 e. The van der Waals surface area contributed by atoms with Gasteiger partial charge in [0.2, 0.25) is 5.91 Å². The van der Waals surface area contributed by atoms with Crippen molar-refractivity contribution in [2.24, 2.45) is 5.92 Å². The second kappa shape index (κ2) is 7.22. The quantitative estimate of drug-likeness (QED) is 0.772. The van der Waals surface area contributed by atoms with Crippen molar-refractivity contribution < 1.29 is 9.59 Å². The Balaban J connectivity index is 1.95. The Bertz CT molecular complexity index is 522. The Morgan fingerprint density at radius 2 is 2.19 bits per heavy atom. The van der Waals surface area contributed by atoms with E-state index >= 15 is 0 Å². The van der Waals surface area contributed by atoms with Crippen LogP contribution in [0.2, 0.25) is 0 Å². The van der Waals surface area contributed by atoms with Gasteiger partial charge in [0.25, 0.3) is 5.91 Å². The van der Waals surface area contributed by atoms with Crippen molar-refractivity contribution in [3.05, 3.63) is 29.3 Å². The van der Waals surface area contributed by atoms with Gasteiger partial charge in [0.1, 0.15) is 0 Å². The van der Waals surface area contributed by atoms with E-state index in [0.717, 1.165) is 31.5 Å². The highest BCUT2D eigenvalue weighted by Crippen LogP contribution is 2.20. The molecule has 5 heteroatoms. The summed E-state index contributed by atoms with van der Waals surface area (Å²) in [6, 6.07) is 5.37. The molecule has 21 heavy (non-hydrogen) atoms. The lowest BCUT2D eigenvalue weighted by Gasteiger charge is -2.12. The second-order valence-corrected chi connectivity index (χ2v) is 5.50. The fraction of sp³-hybridized carbons (Fsp3) is 0.500. The first-order valence-electron chi connectivity index (χ1n) is 7.44. The lowest BCUT2D eigenvalue weighted by Crippen LogP contribution is -2.20. The minimum Gasteiger partial charge on any atom is -0.355 e. The molecule has 3 N–H and O–H groups in total. The van der Waals surface area contributed by atoms with Gasteiger partial charge in [0.15, 0.2) is 0 Å². The summed E-state index contributed by atoms with van der Waals surface area (Å²) in [5.74, 6) is 0.480. The molecule has 1 heterocycles. The van der Waals surface area contributed by atoms with Crippen molar-refractivity contribution >= 4 is 17.5 Å². The van der Waals surface area contributed by atoms with Crippen molar-refractivity contribution in [3.63, 3.8) is 0 Å². The number of carbonyl (C=O) groups excluding carboxylic acids is 2. The molecule has 1 aliphatic heterocycles. The molecule has 1 aromatic rings. The van der Waals surface area contributed by atoms with Crippen molar-refractivity contribution in [1.82, 2.24) is 10.6 Å². The fourth-order valence-electron chi connectivity index (χ4n) is 2.66. The van der Waals surface area contributed by atoms with E-state index in [1.807, 2.05) is 13.0 Å². The standard InChI is InChI=1S/C16H23N3O2/c1-11-13(16(21)17-2)4-3-5-14(11)19-15(20)7-6-12-8-9-18-10-12/h3-5,12,18H,6-10H2,1-2H3,(H,17,21)(H,19,20). The van der Waals surface area contributed by atoms with Crippen LogP contribution < -0.4 is 16.0 Å². The molecule has 5 nitrogen and oxygen atoms in total. The fourth-order valence-corrected chi connectivity index (χ4v) is 2.66. The molecule has 0 saturated carbocycles. The summed E-state index contributed by atoms with van der Waals surface area (Å²) < 4.78 is 0. The van der Waals surface area contributed by atoms with Gasteiger partial charge in [-0.2, -0.15) is 0 Å². The zero-order valence-corrected chi connectivity index (χ0v) is 12.7. The van der Waals surface area contributed by atoms with E-state index in [0.29, 0.717) is 23.6 Å². The molecule has 2 rings (SSSR count). The molecular weight excluding hydrogens is 266 g/mol. The Hall–Kier alpha value is -1.88. The summed E-state index contributed by atoms with van der Waals surface area (Å²) in [6.07, 6.45) is 2.58. The number of nitrogens with one attached hydrogen (secondary N) is 3. The summed E-state index contributed by atoms with van der Waals surface area (Å²) in [7, 11) is 1.60. The minimum absolute atomic E-state index is 0.0130. The van der Waals surface area contributed by atoms with Crippen LogP contribution in [0.4, 0.5) is 5.69 Å². The van der Waals surface area contributed by atoms with Gasteiger partial charge in [-0.3, -0.25) is 9.59 Å². The maximum absolute atomic E-state index is 12.0. The van der Waals surface area contributed by atoms with Crippen LogP contribution in [0, 0.1) is 12.8 Å². The molecule has 0 spiro atoms. The predicted molar refractivity (Wildman–Crippen MR) is 83.4 cm³/mol. The molecule has 2 amide bonds. The monoisotopic (exact) mass is 289 g/mol. The van der Waals surface area contributed by atoms with Crippen LogP contribution in [-0.4, -0.2) is 32.0 Å². The smallest absolute Gasteiger partial charge is 0.251 e. The lowest BCUT2D eigenvalue weighted by atomic mass is 10.0. The summed E-state index contributed by atoms with van der Waals surface area (Å²) >= 11 is 0. The Morgan fingerprint density at radius 1 is 1.38 bits per heavy atom. The van der Waals surface area contributed by atoms with Crippen LogP contribution in [-0.2, 0) is 4.79 Å². The van der Waals surface area contributed by atoms with Gasteiger partial charge in [-0.25, -0.2) is 0 Å². The van der Waals surface area contributed by atoms with Crippen LogP contribution in [0.25, 0.3) is 0 Å². The maximum atomic E-state index is 12.0.